The zero-order valence-electron chi connectivity index (χ0n) is 12.4. The van der Waals surface area contributed by atoms with E-state index in [-0.39, 0.29) is 5.78 Å². The average molecular weight is 276 g/mol. The summed E-state index contributed by atoms with van der Waals surface area (Å²) in [5, 5.41) is 0. The number of carbonyl (C=O) groups excluding carboxylic acids is 1. The minimum Gasteiger partial charge on any atom is -0.287 e. The molecule has 0 bridgehead atoms. The van der Waals surface area contributed by atoms with Crippen molar-refractivity contribution in [3.05, 3.63) is 52.4 Å². The summed E-state index contributed by atoms with van der Waals surface area (Å²) in [4.78, 5) is 21.9. The van der Waals surface area contributed by atoms with Gasteiger partial charge in [-0.2, -0.15) is 0 Å². The van der Waals surface area contributed by atoms with Crippen molar-refractivity contribution in [1.29, 1.82) is 0 Å². The van der Waals surface area contributed by atoms with Crippen molar-refractivity contribution in [3.8, 4) is 0 Å². The van der Waals surface area contributed by atoms with Gasteiger partial charge in [0.25, 0.3) is 0 Å². The minimum atomic E-state index is 0.0235. The van der Waals surface area contributed by atoms with Gasteiger partial charge in [-0.3, -0.25) is 4.79 Å². The van der Waals surface area contributed by atoms with Crippen LogP contribution in [0.1, 0.15) is 40.7 Å². The van der Waals surface area contributed by atoms with Crippen LogP contribution in [0.4, 0.5) is 0 Å². The molecule has 21 heavy (non-hydrogen) atoms. The Morgan fingerprint density at radius 1 is 1.00 bits per heavy atom. The first-order valence-electron chi connectivity index (χ1n) is 7.31. The van der Waals surface area contributed by atoms with E-state index in [9.17, 15) is 4.79 Å². The highest BCUT2D eigenvalue weighted by Gasteiger charge is 2.34. The molecular formula is C18H16N2O. The molecule has 0 saturated heterocycles. The molecule has 3 nitrogen and oxygen atoms in total. The number of Topliss-reactive ketones (excluding diaryl/α,β-unsaturated/α-hetero) is 1. The van der Waals surface area contributed by atoms with Gasteiger partial charge in [0, 0.05) is 11.1 Å². The fraction of sp³-hybridized carbons (Fsp3) is 0.278. The van der Waals surface area contributed by atoms with E-state index >= 15 is 0 Å². The van der Waals surface area contributed by atoms with Gasteiger partial charge < -0.3 is 0 Å². The Morgan fingerprint density at radius 2 is 1.62 bits per heavy atom. The Morgan fingerprint density at radius 3 is 2.29 bits per heavy atom. The lowest BCUT2D eigenvalue weighted by atomic mass is 9.92. The largest absolute Gasteiger partial charge is 0.287 e. The number of carbonyl (C=O) groups is 1. The van der Waals surface area contributed by atoms with Gasteiger partial charge in [-0.1, -0.05) is 19.1 Å². The highest BCUT2D eigenvalue weighted by Crippen LogP contribution is 2.39. The van der Waals surface area contributed by atoms with Crippen LogP contribution in [0.25, 0.3) is 16.6 Å². The van der Waals surface area contributed by atoms with Crippen LogP contribution in [0.2, 0.25) is 0 Å². The summed E-state index contributed by atoms with van der Waals surface area (Å²) in [6.07, 6.45) is 5.14. The normalized spacial score (nSPS) is 20.1. The second-order valence-electron chi connectivity index (χ2n) is 6.09. The van der Waals surface area contributed by atoms with Crippen LogP contribution in [-0.4, -0.2) is 15.8 Å². The number of fused-ring (bicyclic) bond motifs is 4. The SMILES string of the molecule is Cc1cc2nc3c(nc2cc1C)C1=CCC(C)C=C1C3=O. The molecule has 0 spiro atoms. The molecule has 0 fully saturated rings. The third-order valence-corrected chi connectivity index (χ3v) is 4.43. The first-order valence-corrected chi connectivity index (χ1v) is 7.31. The lowest BCUT2D eigenvalue weighted by Gasteiger charge is -2.12. The van der Waals surface area contributed by atoms with Crippen molar-refractivity contribution in [2.75, 3.05) is 0 Å². The molecule has 0 saturated carbocycles. The Kier molecular flexibility index (Phi) is 2.43. The van der Waals surface area contributed by atoms with Crippen LogP contribution in [0.3, 0.4) is 0 Å². The molecule has 1 aromatic carbocycles. The number of aryl methyl sites for hydroxylation is 2. The standard InChI is InChI=1S/C18H16N2O/c1-9-4-5-12-13(6-9)18(21)17-16(12)19-14-7-10(2)11(3)8-15(14)20-17/h5-9H,4H2,1-3H3. The third-order valence-electron chi connectivity index (χ3n) is 4.43. The van der Waals surface area contributed by atoms with Crippen LogP contribution >= 0.6 is 0 Å². The smallest absolute Gasteiger partial charge is 0.213 e. The van der Waals surface area contributed by atoms with E-state index in [1.807, 2.05) is 6.07 Å². The van der Waals surface area contributed by atoms with Gasteiger partial charge >= 0.3 is 0 Å². The predicted molar refractivity (Wildman–Crippen MR) is 83.2 cm³/mol. The molecule has 0 aliphatic heterocycles. The highest BCUT2D eigenvalue weighted by molar-refractivity contribution is 6.25. The molecule has 2 aliphatic rings. The molecule has 0 radical (unpaired) electrons. The maximum Gasteiger partial charge on any atom is 0.213 e. The Bertz CT molecular complexity index is 874. The van der Waals surface area contributed by atoms with Gasteiger partial charge in [0.1, 0.15) is 11.4 Å². The van der Waals surface area contributed by atoms with Gasteiger partial charge in [-0.15, -0.1) is 0 Å². The van der Waals surface area contributed by atoms with Crippen molar-refractivity contribution in [1.82, 2.24) is 9.97 Å². The van der Waals surface area contributed by atoms with E-state index in [1.54, 1.807) is 0 Å². The first-order chi connectivity index (χ1) is 10.0. The summed E-state index contributed by atoms with van der Waals surface area (Å²) in [7, 11) is 0. The van der Waals surface area contributed by atoms with Gasteiger partial charge in [0.2, 0.25) is 5.78 Å². The number of hydrogen-bond donors (Lipinski definition) is 0. The van der Waals surface area contributed by atoms with E-state index in [0.717, 1.165) is 34.3 Å². The molecule has 1 heterocycles. The summed E-state index contributed by atoms with van der Waals surface area (Å²) in [5.41, 5.74) is 7.07. The summed E-state index contributed by atoms with van der Waals surface area (Å²) >= 11 is 0. The molecule has 0 amide bonds. The molecule has 1 atom stereocenters. The molecule has 2 aliphatic carbocycles. The lowest BCUT2D eigenvalue weighted by Crippen LogP contribution is -2.03. The number of nitrogens with zero attached hydrogens (tertiary/aromatic N) is 2. The maximum absolute atomic E-state index is 12.6. The monoisotopic (exact) mass is 276 g/mol. The molecular weight excluding hydrogens is 260 g/mol. The van der Waals surface area contributed by atoms with E-state index in [4.69, 9.17) is 4.98 Å². The minimum absolute atomic E-state index is 0.0235. The van der Waals surface area contributed by atoms with Crippen LogP contribution in [0.5, 0.6) is 0 Å². The quantitative estimate of drug-likeness (QED) is 0.735. The molecule has 1 unspecified atom stereocenters. The summed E-state index contributed by atoms with van der Waals surface area (Å²) in [5.74, 6) is 0.427. The number of rotatable bonds is 0. The van der Waals surface area contributed by atoms with E-state index in [1.165, 1.54) is 11.1 Å². The van der Waals surface area contributed by atoms with Crippen LogP contribution in [-0.2, 0) is 0 Å². The van der Waals surface area contributed by atoms with Crippen LogP contribution in [0, 0.1) is 19.8 Å². The fourth-order valence-electron chi connectivity index (χ4n) is 3.06. The van der Waals surface area contributed by atoms with Crippen molar-refractivity contribution in [3.63, 3.8) is 0 Å². The number of allylic oxidation sites excluding steroid dienone is 4. The molecule has 3 heteroatoms. The molecule has 4 rings (SSSR count). The molecule has 1 aromatic heterocycles. The van der Waals surface area contributed by atoms with Gasteiger partial charge in [0.05, 0.1) is 11.0 Å². The van der Waals surface area contributed by atoms with E-state index in [2.05, 4.69) is 44.0 Å². The zero-order chi connectivity index (χ0) is 14.7. The predicted octanol–water partition coefficient (Wildman–Crippen LogP) is 3.79. The first kappa shape index (κ1) is 12.5. The number of aromatic nitrogens is 2. The topological polar surface area (TPSA) is 42.9 Å². The second-order valence-corrected chi connectivity index (χ2v) is 6.09. The zero-order valence-corrected chi connectivity index (χ0v) is 12.4. The Labute approximate surface area is 123 Å². The van der Waals surface area contributed by atoms with Gasteiger partial charge in [0.15, 0.2) is 0 Å². The summed E-state index contributed by atoms with van der Waals surface area (Å²) < 4.78 is 0. The van der Waals surface area contributed by atoms with Crippen molar-refractivity contribution in [2.24, 2.45) is 5.92 Å². The Hall–Kier alpha value is -2.29. The third kappa shape index (κ3) is 1.70. The molecule has 0 N–H and O–H groups in total. The summed E-state index contributed by atoms with van der Waals surface area (Å²) in [6.45, 7) is 6.25. The van der Waals surface area contributed by atoms with E-state index < -0.39 is 0 Å². The van der Waals surface area contributed by atoms with E-state index in [0.29, 0.717) is 11.6 Å². The summed E-state index contributed by atoms with van der Waals surface area (Å²) in [6, 6.07) is 4.06. The van der Waals surface area contributed by atoms with Crippen LogP contribution in [0.15, 0.2) is 29.9 Å². The van der Waals surface area contributed by atoms with Crippen molar-refractivity contribution < 1.29 is 4.79 Å². The van der Waals surface area contributed by atoms with Crippen LogP contribution < -0.4 is 0 Å². The number of hydrogen-bond acceptors (Lipinski definition) is 3. The Balaban J connectivity index is 2.02. The average Bonchev–Trinajstić information content (AvgIpc) is 2.71. The van der Waals surface area contributed by atoms with Crippen molar-refractivity contribution >= 4 is 22.4 Å². The highest BCUT2D eigenvalue weighted by atomic mass is 16.1. The van der Waals surface area contributed by atoms with Gasteiger partial charge in [-0.25, -0.2) is 9.97 Å². The second kappa shape index (κ2) is 4.10. The number of ketones is 1. The van der Waals surface area contributed by atoms with Crippen molar-refractivity contribution in [2.45, 2.75) is 27.2 Å². The van der Waals surface area contributed by atoms with Gasteiger partial charge in [-0.05, 0) is 49.4 Å². The fourth-order valence-corrected chi connectivity index (χ4v) is 3.06. The lowest BCUT2D eigenvalue weighted by molar-refractivity contribution is 0.103. The maximum atomic E-state index is 12.6. The number of benzene rings is 1. The molecule has 104 valence electrons. The molecule has 2 aromatic rings.